The molecule has 71 heavy (non-hydrogen) atoms. The van der Waals surface area contributed by atoms with Gasteiger partial charge in [0.2, 0.25) is 0 Å². The summed E-state index contributed by atoms with van der Waals surface area (Å²) in [5.74, 6) is -1.22. The molecule has 11 rings (SSSR count). The van der Waals surface area contributed by atoms with Crippen molar-refractivity contribution >= 4 is 80.5 Å². The van der Waals surface area contributed by atoms with Gasteiger partial charge in [0.15, 0.2) is 0 Å². The molecule has 4 amide bonds. The number of hydrogen-bond donors (Lipinski definition) is 1. The normalized spacial score (nSPS) is 15.5. The van der Waals surface area contributed by atoms with Gasteiger partial charge in [0.1, 0.15) is 0 Å². The Kier molecular flexibility index (Phi) is 10.8. The number of fused-ring (bicyclic) bond motifs is 2. The van der Waals surface area contributed by atoms with Crippen LogP contribution in [0.5, 0.6) is 0 Å². The molecule has 7 aromatic carbocycles. The molecular weight excluding hydrogens is 881 g/mol. The predicted octanol–water partition coefficient (Wildman–Crippen LogP) is 11.7. The van der Waals surface area contributed by atoms with E-state index in [1.807, 2.05) is 72.8 Å². The van der Waals surface area contributed by atoms with Gasteiger partial charge in [0.05, 0.1) is 45.1 Å². The van der Waals surface area contributed by atoms with Crippen molar-refractivity contribution in [2.75, 3.05) is 30.9 Å². The van der Waals surface area contributed by atoms with Gasteiger partial charge < -0.3 is 29.8 Å². The summed E-state index contributed by atoms with van der Waals surface area (Å²) >= 11 is 0. The number of carbonyl (C=O) groups is 4. The highest BCUT2D eigenvalue weighted by Crippen LogP contribution is 2.47. The molecule has 0 aliphatic carbocycles. The average molecular weight is 931 g/mol. The molecule has 0 fully saturated rings. The van der Waals surface area contributed by atoms with Crippen molar-refractivity contribution in [1.29, 1.82) is 0 Å². The van der Waals surface area contributed by atoms with Crippen LogP contribution in [0.15, 0.2) is 192 Å². The molecule has 0 aromatic heterocycles. The van der Waals surface area contributed by atoms with Crippen LogP contribution in [0.4, 0.5) is 34.1 Å². The number of anilines is 6. The summed E-state index contributed by atoms with van der Waals surface area (Å²) in [5.41, 5.74) is 16.5. The summed E-state index contributed by atoms with van der Waals surface area (Å²) in [6, 6.07) is 56.7. The Bertz CT molecular complexity index is 3400. The van der Waals surface area contributed by atoms with Crippen molar-refractivity contribution in [3.05, 3.63) is 237 Å². The molecule has 4 aliphatic rings. The summed E-state index contributed by atoms with van der Waals surface area (Å²) in [5, 5.41) is 3.01. The zero-order valence-corrected chi connectivity index (χ0v) is 40.5. The van der Waals surface area contributed by atoms with Gasteiger partial charge >= 0.3 is 0 Å². The first-order valence-electron chi connectivity index (χ1n) is 23.6. The summed E-state index contributed by atoms with van der Waals surface area (Å²) in [7, 11) is 5.06. The Morgan fingerprint density at radius 1 is 0.310 bits per heavy atom. The molecule has 0 saturated carbocycles. The molecule has 0 saturated heterocycles. The summed E-state index contributed by atoms with van der Waals surface area (Å²) < 4.78 is 0. The van der Waals surface area contributed by atoms with Gasteiger partial charge in [-0.1, -0.05) is 119 Å². The van der Waals surface area contributed by atoms with Gasteiger partial charge in [-0.25, -0.2) is 0 Å². The van der Waals surface area contributed by atoms with E-state index in [0.717, 1.165) is 50.8 Å². The maximum absolute atomic E-state index is 14.2. The number of rotatable bonds is 10. The van der Waals surface area contributed by atoms with E-state index in [1.165, 1.54) is 20.9 Å². The predicted molar refractivity (Wildman–Crippen MR) is 282 cm³/mol. The molecule has 0 spiro atoms. The van der Waals surface area contributed by atoms with E-state index in [2.05, 4.69) is 140 Å². The number of likely N-dealkylation sites (N-methyl/N-ethyl adjacent to an activating group) is 3. The zero-order valence-electron chi connectivity index (χ0n) is 40.5. The molecule has 0 bridgehead atoms. The Morgan fingerprint density at radius 3 is 0.859 bits per heavy atom. The summed E-state index contributed by atoms with van der Waals surface area (Å²) in [4.78, 5) is 65.5. The monoisotopic (exact) mass is 930 g/mol. The van der Waals surface area contributed by atoms with E-state index < -0.39 is 0 Å². The van der Waals surface area contributed by atoms with E-state index in [4.69, 9.17) is 0 Å². The first-order valence-corrected chi connectivity index (χ1v) is 23.6. The van der Waals surface area contributed by atoms with Crippen LogP contribution in [-0.4, -0.2) is 59.5 Å². The standard InChI is InChI=1S/C61H50N6O4/c1-36-8-24-44(25-9-36)66(45-26-10-37(2)11-27-45)48-32-20-40(21-33-48)54-50-51(58(68)62-54)55(63(5)59(50)69)41-16-18-42(19-17-41)56-52-53(61(71)64(56)6)57(65(7)60(52)70)43-22-34-49(35-23-43)67(46-28-12-38(3)13-29-46)47-30-14-39(4)15-31-47/h8-35H,1-7H3,(H,62,68). The first-order chi connectivity index (χ1) is 34.3. The van der Waals surface area contributed by atoms with E-state index in [-0.39, 0.29) is 23.6 Å². The molecule has 7 aromatic rings. The van der Waals surface area contributed by atoms with Crippen molar-refractivity contribution in [3.63, 3.8) is 0 Å². The van der Waals surface area contributed by atoms with Gasteiger partial charge in [-0.3, -0.25) is 19.2 Å². The second-order valence-corrected chi connectivity index (χ2v) is 18.7. The van der Waals surface area contributed by atoms with Gasteiger partial charge in [-0.05, 0) is 123 Å². The van der Waals surface area contributed by atoms with Crippen molar-refractivity contribution < 1.29 is 19.2 Å². The third-order valence-electron chi connectivity index (χ3n) is 13.9. The van der Waals surface area contributed by atoms with Crippen LogP contribution in [0, 0.1) is 27.7 Å². The minimum absolute atomic E-state index is 0.279. The van der Waals surface area contributed by atoms with Gasteiger partial charge in [0.25, 0.3) is 23.6 Å². The van der Waals surface area contributed by atoms with Crippen molar-refractivity contribution in [2.45, 2.75) is 27.7 Å². The second-order valence-electron chi connectivity index (χ2n) is 18.7. The fraction of sp³-hybridized carbons (Fsp3) is 0.115. The van der Waals surface area contributed by atoms with Crippen LogP contribution in [0.3, 0.4) is 0 Å². The number of nitrogens with zero attached hydrogens (tertiary/aromatic N) is 5. The van der Waals surface area contributed by atoms with Crippen molar-refractivity contribution in [2.24, 2.45) is 0 Å². The molecule has 10 nitrogen and oxygen atoms in total. The number of amides is 4. The molecule has 348 valence electrons. The van der Waals surface area contributed by atoms with Crippen LogP contribution in [0.2, 0.25) is 0 Å². The van der Waals surface area contributed by atoms with Crippen LogP contribution in [0.1, 0.15) is 44.5 Å². The minimum atomic E-state index is -0.365. The van der Waals surface area contributed by atoms with Gasteiger partial charge in [-0.15, -0.1) is 0 Å². The minimum Gasteiger partial charge on any atom is -0.321 e. The zero-order chi connectivity index (χ0) is 49.4. The molecule has 10 heteroatoms. The third-order valence-corrected chi connectivity index (χ3v) is 13.9. The Labute approximate surface area is 413 Å². The highest BCUT2D eigenvalue weighted by Gasteiger charge is 2.47. The highest BCUT2D eigenvalue weighted by atomic mass is 16.2. The van der Waals surface area contributed by atoms with Crippen LogP contribution >= 0.6 is 0 Å². The number of aryl methyl sites for hydroxylation is 4. The fourth-order valence-corrected chi connectivity index (χ4v) is 10.1. The largest absolute Gasteiger partial charge is 0.321 e. The molecule has 4 heterocycles. The molecular formula is C61H50N6O4. The van der Waals surface area contributed by atoms with Crippen LogP contribution in [0.25, 0.3) is 22.8 Å². The topological polar surface area (TPSA) is 96.5 Å². The molecule has 0 atom stereocenters. The molecule has 1 N–H and O–H groups in total. The number of carbonyl (C=O) groups excluding carboxylic acids is 4. The molecule has 0 unspecified atom stereocenters. The average Bonchev–Trinajstić information content (AvgIpc) is 4.03. The lowest BCUT2D eigenvalue weighted by atomic mass is 9.99. The smallest absolute Gasteiger partial charge is 0.261 e. The Morgan fingerprint density at radius 2 is 0.549 bits per heavy atom. The molecule has 0 radical (unpaired) electrons. The second kappa shape index (κ2) is 17.2. The van der Waals surface area contributed by atoms with E-state index in [9.17, 15) is 19.2 Å². The van der Waals surface area contributed by atoms with Crippen molar-refractivity contribution in [3.8, 4) is 0 Å². The van der Waals surface area contributed by atoms with E-state index in [1.54, 1.807) is 26.0 Å². The van der Waals surface area contributed by atoms with E-state index in [0.29, 0.717) is 61.8 Å². The number of hydrogen-bond acceptors (Lipinski definition) is 6. The van der Waals surface area contributed by atoms with Gasteiger partial charge in [0, 0.05) is 55.3 Å². The third kappa shape index (κ3) is 7.43. The molecule has 4 aliphatic heterocycles. The summed E-state index contributed by atoms with van der Waals surface area (Å²) in [6.45, 7) is 8.26. The maximum atomic E-state index is 14.2. The fourth-order valence-electron chi connectivity index (χ4n) is 10.1. The lowest BCUT2D eigenvalue weighted by Crippen LogP contribution is -2.25. The number of benzene rings is 7. The van der Waals surface area contributed by atoms with Crippen LogP contribution in [-0.2, 0) is 19.2 Å². The first kappa shape index (κ1) is 44.5. The Hall–Kier alpha value is -9.02. The maximum Gasteiger partial charge on any atom is 0.261 e. The Balaban J connectivity index is 0.910. The lowest BCUT2D eigenvalue weighted by Gasteiger charge is -2.26. The van der Waals surface area contributed by atoms with E-state index >= 15 is 0 Å². The summed E-state index contributed by atoms with van der Waals surface area (Å²) in [6.07, 6.45) is 0. The van der Waals surface area contributed by atoms with Crippen LogP contribution < -0.4 is 15.1 Å². The number of nitrogens with one attached hydrogen (secondary N) is 1. The SMILES string of the molecule is Cc1ccc(N(c2ccc(C)cc2)c2ccc(C3=C4C(=O)N(C)C(c5ccc(C6=C7C(=O)N(C)C(c8ccc(N(c9ccc(C)cc9)c9ccc(C)cc9)cc8)=C7C(=O)N6C)cc5)=C4C(=O)N3)cc2)cc1. The van der Waals surface area contributed by atoms with Crippen molar-refractivity contribution in [1.82, 2.24) is 20.0 Å². The highest BCUT2D eigenvalue weighted by molar-refractivity contribution is 6.31. The van der Waals surface area contributed by atoms with Gasteiger partial charge in [-0.2, -0.15) is 0 Å². The lowest BCUT2D eigenvalue weighted by molar-refractivity contribution is -0.123. The quantitative estimate of drug-likeness (QED) is 0.147.